The van der Waals surface area contributed by atoms with Gasteiger partial charge < -0.3 is 5.32 Å². The van der Waals surface area contributed by atoms with E-state index in [1.165, 1.54) is 5.70 Å². The van der Waals surface area contributed by atoms with Gasteiger partial charge in [0.15, 0.2) is 0 Å². The van der Waals surface area contributed by atoms with Crippen molar-refractivity contribution in [1.29, 1.82) is 0 Å². The second-order valence-electron chi connectivity index (χ2n) is 3.27. The van der Waals surface area contributed by atoms with Gasteiger partial charge in [-0.2, -0.15) is 0 Å². The fourth-order valence-electron chi connectivity index (χ4n) is 1.41. The maximum absolute atomic E-state index is 3.41. The van der Waals surface area contributed by atoms with Gasteiger partial charge in [0.2, 0.25) is 0 Å². The van der Waals surface area contributed by atoms with Crippen molar-refractivity contribution in [1.82, 2.24) is 0 Å². The summed E-state index contributed by atoms with van der Waals surface area (Å²) in [4.78, 5) is 0. The maximum atomic E-state index is 3.41. The third-order valence-electron chi connectivity index (χ3n) is 2.13. The summed E-state index contributed by atoms with van der Waals surface area (Å²) < 4.78 is 1.11. The number of hydrogen-bond acceptors (Lipinski definition) is 1. The Kier molecular flexibility index (Phi) is 3.04. The van der Waals surface area contributed by atoms with E-state index < -0.39 is 0 Å². The smallest absolute Gasteiger partial charge is 0.0384 e. The molecule has 0 aliphatic heterocycles. The Morgan fingerprint density at radius 3 is 2.50 bits per heavy atom. The van der Waals surface area contributed by atoms with Gasteiger partial charge >= 0.3 is 0 Å². The van der Waals surface area contributed by atoms with E-state index in [0.717, 1.165) is 23.0 Å². The van der Waals surface area contributed by atoms with Crippen molar-refractivity contribution >= 4 is 21.6 Å². The summed E-state index contributed by atoms with van der Waals surface area (Å²) in [6.07, 6.45) is 8.84. The summed E-state index contributed by atoms with van der Waals surface area (Å²) in [6.45, 7) is 0. The van der Waals surface area contributed by atoms with E-state index in [1.807, 2.05) is 12.1 Å². The van der Waals surface area contributed by atoms with Crippen LogP contribution in [0, 0.1) is 0 Å². The highest BCUT2D eigenvalue weighted by molar-refractivity contribution is 9.10. The second kappa shape index (κ2) is 4.47. The lowest BCUT2D eigenvalue weighted by Crippen LogP contribution is -1.98. The van der Waals surface area contributed by atoms with Crippen LogP contribution in [0.3, 0.4) is 0 Å². The van der Waals surface area contributed by atoms with Gasteiger partial charge in [-0.25, -0.2) is 0 Å². The number of allylic oxidation sites excluding steroid dienone is 3. The summed E-state index contributed by atoms with van der Waals surface area (Å²) in [5.41, 5.74) is 2.32. The molecule has 0 heterocycles. The first-order valence-electron chi connectivity index (χ1n) is 4.74. The minimum absolute atomic E-state index is 1.11. The maximum Gasteiger partial charge on any atom is 0.0384 e. The van der Waals surface area contributed by atoms with Crippen LogP contribution in [0.15, 0.2) is 52.7 Å². The molecule has 2 rings (SSSR count). The van der Waals surface area contributed by atoms with Crippen molar-refractivity contribution in [2.24, 2.45) is 0 Å². The van der Waals surface area contributed by atoms with Crippen LogP contribution in [0.1, 0.15) is 12.8 Å². The van der Waals surface area contributed by atoms with Crippen LogP contribution < -0.4 is 5.32 Å². The Hall–Kier alpha value is -1.02. The summed E-state index contributed by atoms with van der Waals surface area (Å²) >= 11 is 3.41. The number of nitrogens with one attached hydrogen (secondary N) is 1. The standard InChI is InChI=1S/C12H12BrN/c13-10-6-8-12(9-7-10)14-11-4-2-1-3-5-11/h2,4-9,14H,1,3H2. The minimum Gasteiger partial charge on any atom is -0.356 e. The molecule has 0 aromatic heterocycles. The van der Waals surface area contributed by atoms with Crippen LogP contribution >= 0.6 is 15.9 Å². The number of halogens is 1. The summed E-state index contributed by atoms with van der Waals surface area (Å²) in [6, 6.07) is 8.20. The van der Waals surface area contributed by atoms with Crippen molar-refractivity contribution in [3.05, 3.63) is 52.7 Å². The lowest BCUT2D eigenvalue weighted by molar-refractivity contribution is 1.02. The predicted octanol–water partition coefficient (Wildman–Crippen LogP) is 4.09. The van der Waals surface area contributed by atoms with Gasteiger partial charge in [-0.1, -0.05) is 28.1 Å². The molecule has 1 aromatic carbocycles. The van der Waals surface area contributed by atoms with E-state index in [1.54, 1.807) is 0 Å². The van der Waals surface area contributed by atoms with Crippen LogP contribution in [0.25, 0.3) is 0 Å². The highest BCUT2D eigenvalue weighted by Gasteiger charge is 1.97. The molecule has 1 N–H and O–H groups in total. The highest BCUT2D eigenvalue weighted by atomic mass is 79.9. The molecular weight excluding hydrogens is 238 g/mol. The van der Waals surface area contributed by atoms with E-state index in [4.69, 9.17) is 0 Å². The van der Waals surface area contributed by atoms with Crippen molar-refractivity contribution in [3.63, 3.8) is 0 Å². The molecule has 1 nitrogen and oxygen atoms in total. The van der Waals surface area contributed by atoms with E-state index in [0.29, 0.717) is 0 Å². The molecule has 72 valence electrons. The van der Waals surface area contributed by atoms with Gasteiger partial charge in [0.25, 0.3) is 0 Å². The summed E-state index contributed by atoms with van der Waals surface area (Å²) in [7, 11) is 0. The molecular formula is C12H12BrN. The SMILES string of the molecule is Brc1ccc(NC2=CCCC=C2)cc1. The Labute approximate surface area is 92.7 Å². The molecule has 1 aromatic rings. The first-order valence-corrected chi connectivity index (χ1v) is 5.53. The Balaban J connectivity index is 2.07. The number of anilines is 1. The molecule has 0 fully saturated rings. The third-order valence-corrected chi connectivity index (χ3v) is 2.66. The van der Waals surface area contributed by atoms with Crippen molar-refractivity contribution < 1.29 is 0 Å². The fourth-order valence-corrected chi connectivity index (χ4v) is 1.67. The van der Waals surface area contributed by atoms with Crippen LogP contribution in [-0.4, -0.2) is 0 Å². The van der Waals surface area contributed by atoms with Gasteiger partial charge in [0.05, 0.1) is 0 Å². The minimum atomic E-state index is 1.11. The number of hydrogen-bond donors (Lipinski definition) is 1. The first kappa shape index (κ1) is 9.53. The molecule has 0 saturated carbocycles. The molecule has 0 bridgehead atoms. The molecule has 1 aliphatic rings. The zero-order valence-corrected chi connectivity index (χ0v) is 9.42. The van der Waals surface area contributed by atoms with Crippen LogP contribution in [0.2, 0.25) is 0 Å². The molecule has 0 radical (unpaired) electrons. The number of rotatable bonds is 2. The fraction of sp³-hybridized carbons (Fsp3) is 0.167. The Morgan fingerprint density at radius 1 is 1.07 bits per heavy atom. The molecule has 0 unspecified atom stereocenters. The lowest BCUT2D eigenvalue weighted by Gasteiger charge is -2.10. The molecule has 0 spiro atoms. The molecule has 1 aliphatic carbocycles. The van der Waals surface area contributed by atoms with Gasteiger partial charge in [0.1, 0.15) is 0 Å². The third kappa shape index (κ3) is 2.48. The van der Waals surface area contributed by atoms with E-state index in [9.17, 15) is 0 Å². The number of benzene rings is 1. The Morgan fingerprint density at radius 2 is 1.86 bits per heavy atom. The van der Waals surface area contributed by atoms with Crippen molar-refractivity contribution in [2.75, 3.05) is 5.32 Å². The average molecular weight is 250 g/mol. The van der Waals surface area contributed by atoms with Crippen LogP contribution in [0.5, 0.6) is 0 Å². The quantitative estimate of drug-likeness (QED) is 0.833. The van der Waals surface area contributed by atoms with Gasteiger partial charge in [-0.15, -0.1) is 0 Å². The van der Waals surface area contributed by atoms with Gasteiger partial charge in [-0.3, -0.25) is 0 Å². The van der Waals surface area contributed by atoms with E-state index >= 15 is 0 Å². The average Bonchev–Trinajstić information content (AvgIpc) is 2.23. The monoisotopic (exact) mass is 249 g/mol. The zero-order chi connectivity index (χ0) is 9.80. The summed E-state index contributed by atoms with van der Waals surface area (Å²) in [5, 5.41) is 3.36. The van der Waals surface area contributed by atoms with E-state index in [2.05, 4.69) is 51.6 Å². The van der Waals surface area contributed by atoms with Gasteiger partial charge in [0, 0.05) is 15.9 Å². The van der Waals surface area contributed by atoms with Crippen LogP contribution in [-0.2, 0) is 0 Å². The molecule has 0 saturated heterocycles. The van der Waals surface area contributed by atoms with Crippen molar-refractivity contribution in [2.45, 2.75) is 12.8 Å². The topological polar surface area (TPSA) is 12.0 Å². The highest BCUT2D eigenvalue weighted by Crippen LogP contribution is 2.17. The summed E-state index contributed by atoms with van der Waals surface area (Å²) in [5.74, 6) is 0. The zero-order valence-electron chi connectivity index (χ0n) is 7.83. The van der Waals surface area contributed by atoms with E-state index in [-0.39, 0.29) is 0 Å². The van der Waals surface area contributed by atoms with Crippen molar-refractivity contribution in [3.8, 4) is 0 Å². The molecule has 0 atom stereocenters. The normalized spacial score (nSPS) is 15.1. The lowest BCUT2D eigenvalue weighted by atomic mass is 10.1. The Bertz CT molecular complexity index is 362. The molecule has 14 heavy (non-hydrogen) atoms. The molecule has 0 amide bonds. The first-order chi connectivity index (χ1) is 6.84. The van der Waals surface area contributed by atoms with Gasteiger partial charge in [-0.05, 0) is 43.2 Å². The second-order valence-corrected chi connectivity index (χ2v) is 4.19. The van der Waals surface area contributed by atoms with Crippen LogP contribution in [0.4, 0.5) is 5.69 Å². The largest absolute Gasteiger partial charge is 0.356 e. The molecule has 2 heteroatoms. The predicted molar refractivity (Wildman–Crippen MR) is 64.2 cm³/mol.